The number of nitrogens with zero attached hydrogens (tertiary/aromatic N) is 1. The van der Waals surface area contributed by atoms with Gasteiger partial charge in [-0.1, -0.05) is 19.8 Å². The van der Waals surface area contributed by atoms with Crippen molar-refractivity contribution in [1.82, 2.24) is 4.90 Å². The van der Waals surface area contributed by atoms with Gasteiger partial charge in [0.1, 0.15) is 5.78 Å². The van der Waals surface area contributed by atoms with Gasteiger partial charge >= 0.3 is 0 Å². The fourth-order valence-corrected chi connectivity index (χ4v) is 2.99. The van der Waals surface area contributed by atoms with Crippen LogP contribution >= 0.6 is 0 Å². The summed E-state index contributed by atoms with van der Waals surface area (Å²) in [7, 11) is 0. The van der Waals surface area contributed by atoms with Crippen molar-refractivity contribution >= 4 is 5.78 Å². The highest BCUT2D eigenvalue weighted by molar-refractivity contribution is 5.80. The number of likely N-dealkylation sites (tertiary alicyclic amines) is 1. The molecule has 0 aromatic heterocycles. The molecule has 1 saturated heterocycles. The lowest BCUT2D eigenvalue weighted by molar-refractivity contribution is -0.119. The summed E-state index contributed by atoms with van der Waals surface area (Å²) in [5.74, 6) is 2.23. The third-order valence-corrected chi connectivity index (χ3v) is 3.85. The number of hydrogen-bond acceptors (Lipinski definition) is 2. The molecule has 0 aromatic carbocycles. The highest BCUT2D eigenvalue weighted by atomic mass is 16.1. The van der Waals surface area contributed by atoms with Crippen molar-refractivity contribution in [3.8, 4) is 0 Å². The Bertz CT molecular complexity index is 200. The van der Waals surface area contributed by atoms with Crippen LogP contribution in [0.1, 0.15) is 39.0 Å². The maximum Gasteiger partial charge on any atom is 0.146 e. The van der Waals surface area contributed by atoms with Gasteiger partial charge in [-0.3, -0.25) is 9.69 Å². The van der Waals surface area contributed by atoms with Crippen LogP contribution in [0, 0.1) is 11.8 Å². The van der Waals surface area contributed by atoms with Crippen LogP contribution in [0.15, 0.2) is 0 Å². The summed E-state index contributed by atoms with van der Waals surface area (Å²) >= 11 is 0. The van der Waals surface area contributed by atoms with E-state index in [-0.39, 0.29) is 0 Å². The first-order valence-corrected chi connectivity index (χ1v) is 6.03. The molecule has 0 unspecified atom stereocenters. The van der Waals surface area contributed by atoms with E-state index in [0.717, 1.165) is 11.8 Å². The second-order valence-corrected chi connectivity index (χ2v) is 4.89. The zero-order chi connectivity index (χ0) is 9.97. The second kappa shape index (κ2) is 4.43. The number of carbonyl (C=O) groups is 1. The van der Waals surface area contributed by atoms with Crippen LogP contribution < -0.4 is 0 Å². The molecule has 2 aliphatic rings. The fraction of sp³-hybridized carbons (Fsp3) is 0.917. The Labute approximate surface area is 86.7 Å². The Morgan fingerprint density at radius 1 is 1.21 bits per heavy atom. The average Bonchev–Trinajstić information content (AvgIpc) is 2.59. The van der Waals surface area contributed by atoms with Gasteiger partial charge < -0.3 is 0 Å². The molecule has 2 atom stereocenters. The molecule has 2 rings (SSSR count). The maximum atomic E-state index is 11.3. The largest absolute Gasteiger partial charge is 0.298 e. The lowest BCUT2D eigenvalue weighted by Gasteiger charge is -2.23. The van der Waals surface area contributed by atoms with Crippen molar-refractivity contribution in [3.63, 3.8) is 0 Å². The molecule has 80 valence electrons. The van der Waals surface area contributed by atoms with Crippen LogP contribution in [0.4, 0.5) is 0 Å². The highest BCUT2D eigenvalue weighted by Gasteiger charge is 2.34. The molecule has 0 N–H and O–H groups in total. The molecular formula is C12H21NO. The van der Waals surface area contributed by atoms with Gasteiger partial charge in [0.2, 0.25) is 0 Å². The zero-order valence-corrected chi connectivity index (χ0v) is 9.17. The Morgan fingerprint density at radius 2 is 1.79 bits per heavy atom. The van der Waals surface area contributed by atoms with Crippen molar-refractivity contribution in [2.24, 2.45) is 11.8 Å². The van der Waals surface area contributed by atoms with Crippen molar-refractivity contribution in [2.75, 3.05) is 19.6 Å². The number of fused-ring (bicyclic) bond motifs is 1. The van der Waals surface area contributed by atoms with E-state index < -0.39 is 0 Å². The van der Waals surface area contributed by atoms with E-state index in [1.165, 1.54) is 38.8 Å². The van der Waals surface area contributed by atoms with Gasteiger partial charge in [-0.15, -0.1) is 0 Å². The normalized spacial score (nSPS) is 32.9. The zero-order valence-electron chi connectivity index (χ0n) is 9.17. The Kier molecular flexibility index (Phi) is 3.22. The first-order chi connectivity index (χ1) is 6.79. The van der Waals surface area contributed by atoms with Gasteiger partial charge in [-0.2, -0.15) is 0 Å². The fourth-order valence-electron chi connectivity index (χ4n) is 2.99. The highest BCUT2D eigenvalue weighted by Crippen LogP contribution is 2.35. The van der Waals surface area contributed by atoms with Gasteiger partial charge in [0.05, 0.1) is 6.54 Å². The molecule has 0 amide bonds. The van der Waals surface area contributed by atoms with E-state index in [1.54, 1.807) is 0 Å². The maximum absolute atomic E-state index is 11.3. The molecular weight excluding hydrogens is 174 g/mol. The van der Waals surface area contributed by atoms with E-state index >= 15 is 0 Å². The number of carbonyl (C=O) groups excluding carboxylic acids is 1. The molecule has 1 aliphatic heterocycles. The van der Waals surface area contributed by atoms with E-state index in [9.17, 15) is 4.79 Å². The van der Waals surface area contributed by atoms with Crippen LogP contribution in [-0.4, -0.2) is 30.3 Å². The monoisotopic (exact) mass is 195 g/mol. The third-order valence-electron chi connectivity index (χ3n) is 3.85. The van der Waals surface area contributed by atoms with E-state index in [0.29, 0.717) is 18.7 Å². The lowest BCUT2D eigenvalue weighted by Crippen LogP contribution is -2.27. The molecule has 0 radical (unpaired) electrons. The minimum Gasteiger partial charge on any atom is -0.298 e. The smallest absolute Gasteiger partial charge is 0.146 e. The Balaban J connectivity index is 1.83. The van der Waals surface area contributed by atoms with Crippen LogP contribution in [0.3, 0.4) is 0 Å². The predicted octanol–water partition coefficient (Wildman–Crippen LogP) is 2.09. The van der Waals surface area contributed by atoms with Crippen LogP contribution in [-0.2, 0) is 4.79 Å². The van der Waals surface area contributed by atoms with Gasteiger partial charge in [0.15, 0.2) is 0 Å². The summed E-state index contributed by atoms with van der Waals surface area (Å²) in [6, 6.07) is 0. The summed E-state index contributed by atoms with van der Waals surface area (Å²) in [5.41, 5.74) is 0. The standard InChI is InChI=1S/C12H21NO/c1-2-12(14)9-13-7-10-5-3-4-6-11(10)8-13/h10-11H,2-9H2,1H3/t10-,11+. The van der Waals surface area contributed by atoms with Crippen molar-refractivity contribution < 1.29 is 4.79 Å². The first-order valence-electron chi connectivity index (χ1n) is 6.03. The number of ketones is 1. The molecule has 2 heteroatoms. The summed E-state index contributed by atoms with van der Waals surface area (Å²) in [6.07, 6.45) is 6.34. The van der Waals surface area contributed by atoms with E-state index in [2.05, 4.69) is 4.90 Å². The molecule has 2 fully saturated rings. The number of hydrogen-bond donors (Lipinski definition) is 0. The third kappa shape index (κ3) is 2.17. The van der Waals surface area contributed by atoms with Crippen LogP contribution in [0.2, 0.25) is 0 Å². The van der Waals surface area contributed by atoms with Gasteiger partial charge in [-0.05, 0) is 24.7 Å². The molecule has 1 aliphatic carbocycles. The lowest BCUT2D eigenvalue weighted by atomic mass is 9.82. The minimum absolute atomic E-state index is 0.406. The predicted molar refractivity (Wildman–Crippen MR) is 57.2 cm³/mol. The average molecular weight is 195 g/mol. The van der Waals surface area contributed by atoms with E-state index in [4.69, 9.17) is 0 Å². The van der Waals surface area contributed by atoms with Gasteiger partial charge in [-0.25, -0.2) is 0 Å². The first kappa shape index (κ1) is 10.2. The minimum atomic E-state index is 0.406. The molecule has 1 saturated carbocycles. The molecule has 0 bridgehead atoms. The SMILES string of the molecule is CCC(=O)CN1C[C@H]2CCCC[C@H]2C1. The Hall–Kier alpha value is -0.370. The topological polar surface area (TPSA) is 20.3 Å². The van der Waals surface area contributed by atoms with Crippen molar-refractivity contribution in [3.05, 3.63) is 0 Å². The van der Waals surface area contributed by atoms with Gasteiger partial charge in [0.25, 0.3) is 0 Å². The summed E-state index contributed by atoms with van der Waals surface area (Å²) in [6.45, 7) is 5.06. The molecule has 0 spiro atoms. The number of rotatable bonds is 3. The van der Waals surface area contributed by atoms with Crippen molar-refractivity contribution in [2.45, 2.75) is 39.0 Å². The summed E-state index contributed by atoms with van der Waals surface area (Å²) in [4.78, 5) is 13.7. The number of Topliss-reactive ketones (excluding diaryl/α,β-unsaturated/α-hetero) is 1. The van der Waals surface area contributed by atoms with Crippen LogP contribution in [0.25, 0.3) is 0 Å². The Morgan fingerprint density at radius 3 is 2.29 bits per heavy atom. The quantitative estimate of drug-likeness (QED) is 0.687. The molecule has 0 aromatic rings. The van der Waals surface area contributed by atoms with Gasteiger partial charge in [0, 0.05) is 19.5 Å². The summed E-state index contributed by atoms with van der Waals surface area (Å²) < 4.78 is 0. The van der Waals surface area contributed by atoms with E-state index in [1.807, 2.05) is 6.92 Å². The second-order valence-electron chi connectivity index (χ2n) is 4.89. The van der Waals surface area contributed by atoms with Crippen LogP contribution in [0.5, 0.6) is 0 Å². The molecule has 1 heterocycles. The molecule has 2 nitrogen and oxygen atoms in total. The van der Waals surface area contributed by atoms with Crippen molar-refractivity contribution in [1.29, 1.82) is 0 Å². The summed E-state index contributed by atoms with van der Waals surface area (Å²) in [5, 5.41) is 0. The molecule has 14 heavy (non-hydrogen) atoms.